The Kier molecular flexibility index (Phi) is 5.06. The molecule has 3 N–H and O–H groups in total. The van der Waals surface area contributed by atoms with Gasteiger partial charge in [-0.1, -0.05) is 72.8 Å². The molecule has 0 fully saturated rings. The summed E-state index contributed by atoms with van der Waals surface area (Å²) >= 11 is 0. The monoisotopic (exact) mass is 365 g/mol. The van der Waals surface area contributed by atoms with Gasteiger partial charge in [0, 0.05) is 0 Å². The molecular weight excluding hydrogens is 346 g/mol. The Balaban J connectivity index is 1.39. The lowest BCUT2D eigenvalue weighted by molar-refractivity contribution is 0.994. The van der Waals surface area contributed by atoms with Crippen LogP contribution in [0.3, 0.4) is 0 Å². The van der Waals surface area contributed by atoms with E-state index in [0.717, 1.165) is 21.9 Å². The van der Waals surface area contributed by atoms with Gasteiger partial charge in [0.05, 0.1) is 12.4 Å². The van der Waals surface area contributed by atoms with Gasteiger partial charge in [-0.15, -0.1) is 5.10 Å². The lowest BCUT2D eigenvalue weighted by Gasteiger charge is -2.00. The van der Waals surface area contributed by atoms with Gasteiger partial charge in [-0.3, -0.25) is 0 Å². The standard InChI is InChI=1S/C23H19N5/c24-23(27-25-15-17-9-11-19-5-1-3-7-21(19)13-17)28-26-16-18-10-12-20-6-2-4-8-22(20)14-18/h1-16H,(H3,24,27,28). The van der Waals surface area contributed by atoms with E-state index in [4.69, 9.17) is 5.73 Å². The highest BCUT2D eigenvalue weighted by Gasteiger charge is 1.95. The number of guanidine groups is 1. The number of nitrogens with zero attached hydrogens (tertiary/aromatic N) is 3. The first-order chi connectivity index (χ1) is 13.8. The zero-order valence-corrected chi connectivity index (χ0v) is 15.2. The van der Waals surface area contributed by atoms with E-state index in [1.807, 2.05) is 36.4 Å². The number of hydrogen-bond donors (Lipinski definition) is 2. The van der Waals surface area contributed by atoms with Crippen molar-refractivity contribution in [1.29, 1.82) is 0 Å². The molecule has 0 atom stereocenters. The van der Waals surface area contributed by atoms with E-state index in [0.29, 0.717) is 0 Å². The van der Waals surface area contributed by atoms with Crippen molar-refractivity contribution in [3.63, 3.8) is 0 Å². The Morgan fingerprint density at radius 2 is 1.21 bits per heavy atom. The van der Waals surface area contributed by atoms with E-state index in [2.05, 4.69) is 69.3 Å². The van der Waals surface area contributed by atoms with E-state index in [9.17, 15) is 0 Å². The van der Waals surface area contributed by atoms with E-state index >= 15 is 0 Å². The maximum Gasteiger partial charge on any atom is 0.234 e. The molecule has 136 valence electrons. The summed E-state index contributed by atoms with van der Waals surface area (Å²) in [6.45, 7) is 0. The largest absolute Gasteiger partial charge is 0.367 e. The van der Waals surface area contributed by atoms with Gasteiger partial charge in [-0.05, 0) is 44.8 Å². The maximum atomic E-state index is 5.79. The fraction of sp³-hybridized carbons (Fsp3) is 0. The van der Waals surface area contributed by atoms with Crippen LogP contribution in [-0.4, -0.2) is 18.4 Å². The van der Waals surface area contributed by atoms with Crippen LogP contribution in [0.1, 0.15) is 11.1 Å². The fourth-order valence-corrected chi connectivity index (χ4v) is 2.93. The predicted octanol–water partition coefficient (Wildman–Crippen LogP) is 4.27. The molecule has 0 aliphatic carbocycles. The summed E-state index contributed by atoms with van der Waals surface area (Å²) in [5, 5.41) is 16.7. The first-order valence-corrected chi connectivity index (χ1v) is 8.91. The van der Waals surface area contributed by atoms with Crippen molar-refractivity contribution in [2.45, 2.75) is 0 Å². The number of rotatable bonds is 4. The van der Waals surface area contributed by atoms with Crippen LogP contribution in [-0.2, 0) is 0 Å². The normalized spacial score (nSPS) is 12.4. The van der Waals surface area contributed by atoms with Crippen LogP contribution in [0.25, 0.3) is 21.5 Å². The summed E-state index contributed by atoms with van der Waals surface area (Å²) < 4.78 is 0. The number of hydrogen-bond acceptors (Lipinski definition) is 3. The minimum atomic E-state index is 0.120. The molecular formula is C23H19N5. The molecule has 0 aliphatic rings. The molecule has 0 heterocycles. The van der Waals surface area contributed by atoms with Crippen LogP contribution in [0.4, 0.5) is 0 Å². The zero-order valence-electron chi connectivity index (χ0n) is 15.2. The van der Waals surface area contributed by atoms with Gasteiger partial charge in [0.2, 0.25) is 5.96 Å². The minimum absolute atomic E-state index is 0.120. The number of fused-ring (bicyclic) bond motifs is 2. The van der Waals surface area contributed by atoms with Crippen LogP contribution in [0.2, 0.25) is 0 Å². The Labute approximate surface area is 162 Å². The van der Waals surface area contributed by atoms with Gasteiger partial charge in [-0.2, -0.15) is 10.2 Å². The second-order valence-electron chi connectivity index (χ2n) is 6.31. The van der Waals surface area contributed by atoms with E-state index in [-0.39, 0.29) is 5.96 Å². The Hall–Kier alpha value is -3.99. The predicted molar refractivity (Wildman–Crippen MR) is 118 cm³/mol. The average Bonchev–Trinajstić information content (AvgIpc) is 2.73. The Morgan fingerprint density at radius 3 is 1.82 bits per heavy atom. The third-order valence-corrected chi connectivity index (χ3v) is 4.31. The molecule has 0 unspecified atom stereocenters. The Morgan fingerprint density at radius 1 is 0.679 bits per heavy atom. The molecule has 0 bridgehead atoms. The summed E-state index contributed by atoms with van der Waals surface area (Å²) in [7, 11) is 0. The quantitative estimate of drug-likeness (QED) is 0.322. The molecule has 0 amide bonds. The van der Waals surface area contributed by atoms with Crippen molar-refractivity contribution in [1.82, 2.24) is 5.43 Å². The molecule has 0 aromatic heterocycles. The van der Waals surface area contributed by atoms with Crippen LogP contribution in [0.15, 0.2) is 100 Å². The molecule has 0 aliphatic heterocycles. The van der Waals surface area contributed by atoms with Gasteiger partial charge in [0.1, 0.15) is 0 Å². The molecule has 28 heavy (non-hydrogen) atoms. The summed E-state index contributed by atoms with van der Waals surface area (Å²) in [5.74, 6) is 0.120. The van der Waals surface area contributed by atoms with Crippen molar-refractivity contribution in [2.24, 2.45) is 21.0 Å². The number of nitrogens with two attached hydrogens (primary N) is 1. The third kappa shape index (κ3) is 4.22. The first kappa shape index (κ1) is 17.4. The van der Waals surface area contributed by atoms with Crippen molar-refractivity contribution in [2.75, 3.05) is 0 Å². The van der Waals surface area contributed by atoms with Crippen molar-refractivity contribution >= 4 is 39.9 Å². The van der Waals surface area contributed by atoms with Gasteiger partial charge in [-0.25, -0.2) is 5.43 Å². The molecule has 4 aromatic carbocycles. The van der Waals surface area contributed by atoms with Crippen molar-refractivity contribution < 1.29 is 0 Å². The molecule has 0 saturated carbocycles. The second kappa shape index (κ2) is 8.14. The number of benzene rings is 4. The molecule has 5 heteroatoms. The molecule has 0 saturated heterocycles. The Bertz CT molecular complexity index is 1210. The number of nitrogens with one attached hydrogen (secondary N) is 1. The van der Waals surface area contributed by atoms with Crippen LogP contribution < -0.4 is 11.2 Å². The maximum absolute atomic E-state index is 5.79. The highest BCUT2D eigenvalue weighted by Crippen LogP contribution is 2.15. The zero-order chi connectivity index (χ0) is 19.2. The van der Waals surface area contributed by atoms with Crippen LogP contribution >= 0.6 is 0 Å². The summed E-state index contributed by atoms with van der Waals surface area (Å²) in [6, 6.07) is 28.6. The van der Waals surface area contributed by atoms with Crippen molar-refractivity contribution in [3.05, 3.63) is 96.1 Å². The van der Waals surface area contributed by atoms with Gasteiger partial charge < -0.3 is 5.73 Å². The lowest BCUT2D eigenvalue weighted by Crippen LogP contribution is -2.26. The lowest BCUT2D eigenvalue weighted by atomic mass is 10.1. The SMILES string of the molecule is N/C(=N\N=Cc1ccc2ccccc2c1)NN=Cc1ccc2ccccc2c1. The summed E-state index contributed by atoms with van der Waals surface area (Å²) in [5.41, 5.74) is 10.4. The minimum Gasteiger partial charge on any atom is -0.367 e. The van der Waals surface area contributed by atoms with E-state index in [1.165, 1.54) is 10.8 Å². The van der Waals surface area contributed by atoms with Crippen molar-refractivity contribution in [3.8, 4) is 0 Å². The topological polar surface area (TPSA) is 75.1 Å². The molecule has 4 rings (SSSR count). The third-order valence-electron chi connectivity index (χ3n) is 4.31. The molecule has 4 aromatic rings. The highest BCUT2D eigenvalue weighted by atomic mass is 15.4. The van der Waals surface area contributed by atoms with Crippen LogP contribution in [0.5, 0.6) is 0 Å². The van der Waals surface area contributed by atoms with Crippen LogP contribution in [0, 0.1) is 0 Å². The average molecular weight is 365 g/mol. The molecule has 0 radical (unpaired) electrons. The molecule has 0 spiro atoms. The van der Waals surface area contributed by atoms with Gasteiger partial charge in [0.15, 0.2) is 0 Å². The summed E-state index contributed by atoms with van der Waals surface area (Å²) in [6.07, 6.45) is 3.36. The summed E-state index contributed by atoms with van der Waals surface area (Å²) in [4.78, 5) is 0. The highest BCUT2D eigenvalue weighted by molar-refractivity contribution is 5.92. The number of hydrazone groups is 1. The smallest absolute Gasteiger partial charge is 0.234 e. The fourth-order valence-electron chi connectivity index (χ4n) is 2.93. The van der Waals surface area contributed by atoms with E-state index < -0.39 is 0 Å². The first-order valence-electron chi connectivity index (χ1n) is 8.91. The van der Waals surface area contributed by atoms with E-state index in [1.54, 1.807) is 12.4 Å². The van der Waals surface area contributed by atoms with Gasteiger partial charge in [0.25, 0.3) is 0 Å². The van der Waals surface area contributed by atoms with Gasteiger partial charge >= 0.3 is 0 Å². The molecule has 5 nitrogen and oxygen atoms in total. The second-order valence-corrected chi connectivity index (χ2v) is 6.31.